The summed E-state index contributed by atoms with van der Waals surface area (Å²) in [5.74, 6) is -0.159. The lowest BCUT2D eigenvalue weighted by molar-refractivity contribution is -0.606. The number of carboxylic acid groups (broad SMARTS) is 1. The maximum Gasteiger partial charge on any atom is 0.346 e. The predicted octanol–water partition coefficient (Wildman–Crippen LogP) is 19.8. The number of primary amides is 1. The lowest BCUT2D eigenvalue weighted by atomic mass is 10.1. The first-order chi connectivity index (χ1) is 63.8. The van der Waals surface area contributed by atoms with Crippen molar-refractivity contribution < 1.29 is 86.5 Å². The summed E-state index contributed by atoms with van der Waals surface area (Å²) in [6.07, 6.45) is 15.1. The Labute approximate surface area is 815 Å². The first-order valence-corrected chi connectivity index (χ1v) is 43.6. The Morgan fingerprint density at radius 2 is 0.876 bits per heavy atom. The van der Waals surface area contributed by atoms with Crippen LogP contribution in [0.15, 0.2) is 243 Å². The molecule has 5 amide bonds. The number of aromatic nitrogens is 6. The molecule has 0 atom stereocenters. The largest absolute Gasteiger partial charge is 0.619 e. The number of hydrogen-bond acceptors (Lipinski definition) is 23. The lowest BCUT2D eigenvalue weighted by Crippen LogP contribution is -2.55. The molecule has 5 aliphatic rings. The van der Waals surface area contributed by atoms with E-state index < -0.39 is 46.8 Å². The molecule has 0 bridgehead atoms. The summed E-state index contributed by atoms with van der Waals surface area (Å²) in [6, 6.07) is 52.9. The number of aliphatic carboxylic acids is 1. The Bertz CT molecular complexity index is 5990. The van der Waals surface area contributed by atoms with E-state index in [-0.39, 0.29) is 47.7 Å². The Kier molecular flexibility index (Phi) is 44.8. The van der Waals surface area contributed by atoms with Crippen LogP contribution in [-0.2, 0) is 19.0 Å². The number of carboxylic acids is 1. The number of phenols is 1. The van der Waals surface area contributed by atoms with Crippen LogP contribution in [0.1, 0.15) is 215 Å². The second-order valence-electron chi connectivity index (χ2n) is 32.5. The van der Waals surface area contributed by atoms with Crippen LogP contribution in [-0.4, -0.2) is 125 Å². The summed E-state index contributed by atoms with van der Waals surface area (Å²) in [5.41, 5.74) is 25.7. The molecule has 17 rings (SSSR count). The number of alkyl halides is 2. The second kappa shape index (κ2) is 53.5. The smallest absolute Gasteiger partial charge is 0.346 e. The van der Waals surface area contributed by atoms with Gasteiger partial charge in [0, 0.05) is 75.4 Å². The fourth-order valence-corrected chi connectivity index (χ4v) is 12.0. The van der Waals surface area contributed by atoms with Crippen molar-refractivity contribution in [3.63, 3.8) is 0 Å². The number of nitrogen functional groups attached to an aromatic ring is 1. The molecule has 0 saturated heterocycles. The van der Waals surface area contributed by atoms with Crippen molar-refractivity contribution in [2.24, 2.45) is 10.7 Å². The predicted molar refractivity (Wildman–Crippen MR) is 534 cm³/mol. The van der Waals surface area contributed by atoms with Crippen LogP contribution in [0.4, 0.5) is 17.5 Å². The van der Waals surface area contributed by atoms with E-state index in [0.717, 1.165) is 77.1 Å². The number of fused-ring (bicyclic) bond motifs is 5. The number of imide groups is 1. The highest BCUT2D eigenvalue weighted by molar-refractivity contribution is 6.70. The zero-order valence-corrected chi connectivity index (χ0v) is 82.7. The molecule has 0 aliphatic carbocycles. The second-order valence-corrected chi connectivity index (χ2v) is 33.6. The Morgan fingerprint density at radius 3 is 1.27 bits per heavy atom. The number of anilines is 3. The van der Waals surface area contributed by atoms with Crippen LogP contribution >= 0.6 is 34.8 Å². The van der Waals surface area contributed by atoms with Gasteiger partial charge in [0.15, 0.2) is 47.7 Å². The van der Waals surface area contributed by atoms with Gasteiger partial charge in [0.2, 0.25) is 0 Å². The van der Waals surface area contributed by atoms with Gasteiger partial charge in [-0.2, -0.15) is 9.46 Å². The summed E-state index contributed by atoms with van der Waals surface area (Å²) in [7, 11) is 3.23. The van der Waals surface area contributed by atoms with Gasteiger partial charge in [-0.3, -0.25) is 38.7 Å². The summed E-state index contributed by atoms with van der Waals surface area (Å²) in [4.78, 5) is 113. The van der Waals surface area contributed by atoms with E-state index in [1.165, 1.54) is 46.8 Å². The van der Waals surface area contributed by atoms with E-state index in [9.17, 15) is 44.0 Å². The number of benzene rings is 6. The van der Waals surface area contributed by atoms with Gasteiger partial charge in [0.05, 0.1) is 49.8 Å². The molecule has 0 spiro atoms. The molecule has 6 aromatic carbocycles. The molecule has 6 aromatic heterocycles. The molecule has 726 valence electrons. The molecule has 0 radical (unpaired) electrons. The molecule has 12 aromatic rings. The van der Waals surface area contributed by atoms with E-state index in [4.69, 9.17) is 85.0 Å². The van der Waals surface area contributed by atoms with Gasteiger partial charge < -0.3 is 65.8 Å². The van der Waals surface area contributed by atoms with E-state index in [1.54, 1.807) is 135 Å². The van der Waals surface area contributed by atoms with Crippen molar-refractivity contribution in [1.82, 2.24) is 25.3 Å². The monoisotopic (exact) mass is 1930 g/mol. The first kappa shape index (κ1) is 115. The zero-order valence-electron chi connectivity index (χ0n) is 80.5. The van der Waals surface area contributed by atoms with Crippen LogP contribution in [0.25, 0.3) is 0 Å². The molecule has 137 heavy (non-hydrogen) atoms. The average molecular weight is 1930 g/mol. The summed E-state index contributed by atoms with van der Waals surface area (Å²) >= 11 is 15.5. The molecule has 11 heterocycles. The van der Waals surface area contributed by atoms with Crippen molar-refractivity contribution >= 4 is 105 Å². The Hall–Kier alpha value is -14.6. The highest BCUT2D eigenvalue weighted by atomic mass is 35.5. The van der Waals surface area contributed by atoms with Gasteiger partial charge in [0.1, 0.15) is 45.6 Å². The number of aromatic hydroxyl groups is 1. The lowest BCUT2D eigenvalue weighted by Gasteiger charge is -2.42. The highest BCUT2D eigenvalue weighted by Crippen LogP contribution is 2.37. The van der Waals surface area contributed by atoms with Crippen LogP contribution < -0.4 is 50.3 Å². The quantitative estimate of drug-likeness (QED) is 0.0203. The number of cyclic esters (lactones) is 2. The highest BCUT2D eigenvalue weighted by Gasteiger charge is 2.42. The fraction of sp³-hybridized carbons (Fsp3) is 0.279. The minimum atomic E-state index is -0.833. The molecule has 0 unspecified atom stereocenters. The number of nitrogens with two attached hydrogens (primary N) is 2. The summed E-state index contributed by atoms with van der Waals surface area (Å²) < 4.78 is 32.9. The fourth-order valence-electron chi connectivity index (χ4n) is 11.6. The number of esters is 2. The first-order valence-electron chi connectivity index (χ1n) is 42.2. The minimum absolute atomic E-state index is 0. The van der Waals surface area contributed by atoms with Crippen molar-refractivity contribution in [1.29, 1.82) is 0 Å². The molecular weight excluding hydrogens is 1810 g/mol. The van der Waals surface area contributed by atoms with E-state index in [0.29, 0.717) is 67.5 Å². The van der Waals surface area contributed by atoms with Gasteiger partial charge in [-0.25, -0.2) is 34.4 Å². The topological polar surface area (TPSA) is 421 Å². The van der Waals surface area contributed by atoms with E-state index >= 15 is 0 Å². The number of nitrogens with one attached hydrogen (secondary N) is 1. The number of methoxy groups -OCH3 is 2. The van der Waals surface area contributed by atoms with Gasteiger partial charge >= 0.3 is 11.9 Å². The molecule has 30 nitrogen and oxygen atoms in total. The van der Waals surface area contributed by atoms with Crippen molar-refractivity contribution in [3.05, 3.63) is 359 Å². The zero-order chi connectivity index (χ0) is 102. The number of carbonyl (C=O) groups is 8. The van der Waals surface area contributed by atoms with Gasteiger partial charge in [-0.1, -0.05) is 91.8 Å². The third kappa shape index (κ3) is 35.7. The van der Waals surface area contributed by atoms with Crippen molar-refractivity contribution in [2.45, 2.75) is 176 Å². The van der Waals surface area contributed by atoms with Crippen LogP contribution in [0, 0.1) is 93.5 Å². The number of ether oxygens (including phenoxy) is 6. The van der Waals surface area contributed by atoms with Crippen LogP contribution in [0.5, 0.6) is 23.0 Å². The Balaban J connectivity index is 0.000000317. The molecule has 0 fully saturated rings. The molecule has 33 heteroatoms. The molecule has 0 saturated carbocycles. The normalized spacial score (nSPS) is 13.1. The molecular formula is C104H121Cl3N12O18. The molecule has 5 aliphatic heterocycles. The average Bonchev–Trinajstić information content (AvgIpc) is 1.53. The standard InChI is InChI=1S/C17H18N2O2.C15H12N2O2.C10H10ClNO.C10H11NO2.C8H4O3.C7H10N2.C7H7NO2.2C7H9NO.C7H9N.C5H12O2.C2H4O2.CH2Cl2.CH4/c1-11-9-15(18-10-12(11)2)19-16(20)13-7-5-6-8-14(13)21-17(19,3)4;1-9-7-13(16-8-10(9)2)17-14(18)11-5-3-4-6-12(11)15(17)19;1-10(2)12-9(11)7-5-3-4-6-8(7)13-10;1-10(2)11-9(12)7-5-3-4-6-8(7)13-10;9-7-5-3-1-2-4-6(5)8(10)11-7;1-5-3-7(8)9-4-6(5)2;8-7(10)5-3-1-2-4-6(5)9;2*1-6-3-4-8(9)5-7(6)2;1-6-3-4-8-5-7(6)2;1-5(2,6-3)7-4;1-2(3)4;2-1-3;/h5-10H,1-4H3;3-8H,1-2H3;3-6H,1-2H3;3-6H,1-2H3,(H,11,12);1-4H;3-4H,1-2H3,(H2,8,9);1-4,9H,(H2,8,10);2*3-5H,1-2H3;3-5H,1-2H3;1-4H3;1H3,(H,3,4);1H2;1H4. The number of hydrogen-bond donors (Lipinski definition) is 5. The maximum atomic E-state index is 12.8. The number of para-hydroxylation sites is 4. The van der Waals surface area contributed by atoms with E-state index in [2.05, 4.69) is 48.8 Å². The number of aryl methyl sites for hydroxylation is 12. The molecule has 7 N–H and O–H groups in total. The van der Waals surface area contributed by atoms with Crippen LogP contribution in [0.3, 0.4) is 0 Å². The SMILES string of the molecule is C.CC(=O)O.CC1(C)N=C(Cl)c2ccccc2O1.CC1(C)NC(=O)c2ccccc2O1.COC(C)(C)OC.Cc1cc[n+]([O-])cc1C.Cc1cc[n+]([O-])cc1C.Cc1ccncc1C.Cc1cnc(N)cc1C.Cc1cnc(N2C(=O)c3ccccc3C2=O)cc1C.Cc1cnc(N2C(=O)c3ccccc3OC2(C)C)cc1C.ClCCl.NC(=O)c1ccccc1O.O=C1OC(=O)c2ccccc21. The van der Waals surface area contributed by atoms with E-state index in [1.807, 2.05) is 222 Å². The summed E-state index contributed by atoms with van der Waals surface area (Å²) in [5, 5.41) is 41.0. The summed E-state index contributed by atoms with van der Waals surface area (Å²) in [6.45, 7) is 39.8. The number of pyridine rings is 6. The van der Waals surface area contributed by atoms with Crippen LogP contribution in [0.2, 0.25) is 0 Å². The third-order valence-electron chi connectivity index (χ3n) is 20.2. The van der Waals surface area contributed by atoms with Crippen molar-refractivity contribution in [3.8, 4) is 23.0 Å². The van der Waals surface area contributed by atoms with Gasteiger partial charge in [-0.15, -0.1) is 23.2 Å². The number of rotatable bonds is 5. The van der Waals surface area contributed by atoms with Gasteiger partial charge in [0.25, 0.3) is 35.5 Å². The Morgan fingerprint density at radius 1 is 0.496 bits per heavy atom. The number of halogens is 3. The third-order valence-corrected chi connectivity index (χ3v) is 20.5. The minimum Gasteiger partial charge on any atom is -0.619 e. The number of aliphatic imine (C=N–C) groups is 1. The number of nitrogens with zero attached hydrogens (tertiary/aromatic N) is 9. The van der Waals surface area contributed by atoms with Crippen molar-refractivity contribution in [2.75, 3.05) is 35.1 Å². The maximum absolute atomic E-state index is 12.8. The van der Waals surface area contributed by atoms with Gasteiger partial charge in [-0.05, 0) is 291 Å². The number of carbonyl (C=O) groups excluding carboxylic acids is 7. The number of amides is 5.